The van der Waals surface area contributed by atoms with E-state index in [1.165, 1.54) is 24.3 Å². The SMILES string of the molecule is C=C/C=C\C(O)=C/C(=C)/C(N)=C/C(=C\C)C(N)=O. The molecule has 96 valence electrons. The predicted octanol–water partition coefficient (Wildman–Crippen LogP) is 2.00. The van der Waals surface area contributed by atoms with E-state index in [0.717, 1.165) is 0 Å². The van der Waals surface area contributed by atoms with Crippen LogP contribution < -0.4 is 11.5 Å². The molecule has 0 aromatic heterocycles. The highest BCUT2D eigenvalue weighted by atomic mass is 16.3. The van der Waals surface area contributed by atoms with Crippen LogP contribution in [0.2, 0.25) is 0 Å². The van der Waals surface area contributed by atoms with Gasteiger partial charge in [0.1, 0.15) is 5.76 Å². The molecule has 0 unspecified atom stereocenters. The standard InChI is InChI=1S/C14H18N2O2/c1-4-6-7-12(17)8-10(3)13(15)9-11(5-2)14(16)18/h4-9,17H,1,3,15H2,2H3,(H2,16,18)/b7-6-,11-5+,12-8+,13-9-. The second-order valence-corrected chi connectivity index (χ2v) is 3.40. The van der Waals surface area contributed by atoms with E-state index in [1.807, 2.05) is 0 Å². The highest BCUT2D eigenvalue weighted by Crippen LogP contribution is 2.09. The van der Waals surface area contributed by atoms with Crippen molar-refractivity contribution in [2.45, 2.75) is 6.92 Å². The Kier molecular flexibility index (Phi) is 6.66. The minimum atomic E-state index is -0.576. The smallest absolute Gasteiger partial charge is 0.248 e. The lowest BCUT2D eigenvalue weighted by molar-refractivity contribution is -0.114. The number of nitrogens with two attached hydrogens (primary N) is 2. The summed E-state index contributed by atoms with van der Waals surface area (Å²) in [6.45, 7) is 8.83. The lowest BCUT2D eigenvalue weighted by Gasteiger charge is -2.02. The van der Waals surface area contributed by atoms with Gasteiger partial charge in [-0.05, 0) is 30.7 Å². The molecule has 0 spiro atoms. The number of carbonyl (C=O) groups excluding carboxylic acids is 1. The maximum atomic E-state index is 11.0. The van der Waals surface area contributed by atoms with E-state index < -0.39 is 5.91 Å². The fraction of sp³-hybridized carbons (Fsp3) is 0.0714. The van der Waals surface area contributed by atoms with Gasteiger partial charge in [0.25, 0.3) is 0 Å². The van der Waals surface area contributed by atoms with Crippen LogP contribution in [0.15, 0.2) is 72.2 Å². The summed E-state index contributed by atoms with van der Waals surface area (Å²) >= 11 is 0. The van der Waals surface area contributed by atoms with Crippen LogP contribution in [0.4, 0.5) is 0 Å². The summed E-state index contributed by atoms with van der Waals surface area (Å²) < 4.78 is 0. The van der Waals surface area contributed by atoms with E-state index >= 15 is 0 Å². The van der Waals surface area contributed by atoms with E-state index in [0.29, 0.717) is 5.57 Å². The van der Waals surface area contributed by atoms with Crippen molar-refractivity contribution in [3.63, 3.8) is 0 Å². The number of carbonyl (C=O) groups is 1. The summed E-state index contributed by atoms with van der Waals surface area (Å²) in [7, 11) is 0. The maximum absolute atomic E-state index is 11.0. The molecule has 18 heavy (non-hydrogen) atoms. The third kappa shape index (κ3) is 5.55. The van der Waals surface area contributed by atoms with Crippen molar-refractivity contribution < 1.29 is 9.90 Å². The molecule has 0 saturated carbocycles. The topological polar surface area (TPSA) is 89.3 Å². The van der Waals surface area contributed by atoms with Gasteiger partial charge in [0.2, 0.25) is 5.91 Å². The van der Waals surface area contributed by atoms with Crippen molar-refractivity contribution in [3.8, 4) is 0 Å². The predicted molar refractivity (Wildman–Crippen MR) is 74.4 cm³/mol. The molecule has 0 rings (SSSR count). The Morgan fingerprint density at radius 3 is 2.33 bits per heavy atom. The molecule has 0 aliphatic rings. The first-order valence-electron chi connectivity index (χ1n) is 5.24. The van der Waals surface area contributed by atoms with Gasteiger partial charge in [0.05, 0.1) is 0 Å². The monoisotopic (exact) mass is 246 g/mol. The minimum Gasteiger partial charge on any atom is -0.508 e. The summed E-state index contributed by atoms with van der Waals surface area (Å²) in [4.78, 5) is 11.0. The molecule has 0 aliphatic heterocycles. The quantitative estimate of drug-likeness (QED) is 0.380. The van der Waals surface area contributed by atoms with Gasteiger partial charge in [-0.3, -0.25) is 4.79 Å². The van der Waals surface area contributed by atoms with Crippen molar-refractivity contribution in [2.75, 3.05) is 0 Å². The van der Waals surface area contributed by atoms with Gasteiger partial charge < -0.3 is 16.6 Å². The summed E-state index contributed by atoms with van der Waals surface area (Å²) in [6.07, 6.45) is 8.86. The molecule has 0 fully saturated rings. The zero-order chi connectivity index (χ0) is 14.1. The summed E-state index contributed by atoms with van der Waals surface area (Å²) in [5, 5.41) is 9.48. The normalized spacial score (nSPS) is 13.7. The highest BCUT2D eigenvalue weighted by molar-refractivity contribution is 5.95. The molecule has 0 atom stereocenters. The van der Waals surface area contributed by atoms with Crippen LogP contribution in [0.1, 0.15) is 6.92 Å². The van der Waals surface area contributed by atoms with E-state index in [2.05, 4.69) is 13.2 Å². The van der Waals surface area contributed by atoms with Crippen molar-refractivity contribution in [1.29, 1.82) is 0 Å². The molecule has 5 N–H and O–H groups in total. The summed E-state index contributed by atoms with van der Waals surface area (Å²) in [5.74, 6) is -0.592. The Morgan fingerprint density at radius 2 is 1.89 bits per heavy atom. The molecule has 1 amide bonds. The zero-order valence-corrected chi connectivity index (χ0v) is 10.4. The van der Waals surface area contributed by atoms with Crippen LogP contribution >= 0.6 is 0 Å². The van der Waals surface area contributed by atoms with Crippen LogP contribution in [-0.2, 0) is 4.79 Å². The number of allylic oxidation sites excluding steroid dienone is 5. The van der Waals surface area contributed by atoms with Crippen LogP contribution in [0.25, 0.3) is 0 Å². The molecule has 0 aromatic rings. The molecule has 0 saturated heterocycles. The molecule has 0 bridgehead atoms. The van der Waals surface area contributed by atoms with Crippen molar-refractivity contribution in [1.82, 2.24) is 0 Å². The van der Waals surface area contributed by atoms with E-state index in [-0.39, 0.29) is 17.0 Å². The zero-order valence-electron chi connectivity index (χ0n) is 10.4. The third-order valence-electron chi connectivity index (χ3n) is 2.00. The van der Waals surface area contributed by atoms with Gasteiger partial charge in [0.15, 0.2) is 0 Å². The molecule has 4 heteroatoms. The van der Waals surface area contributed by atoms with Gasteiger partial charge in [-0.25, -0.2) is 0 Å². The van der Waals surface area contributed by atoms with Crippen LogP contribution in [0, 0.1) is 0 Å². The third-order valence-corrected chi connectivity index (χ3v) is 2.00. The van der Waals surface area contributed by atoms with Gasteiger partial charge in [-0.15, -0.1) is 0 Å². The number of primary amides is 1. The van der Waals surface area contributed by atoms with Gasteiger partial charge in [-0.2, -0.15) is 0 Å². The van der Waals surface area contributed by atoms with Gasteiger partial charge in [0, 0.05) is 11.3 Å². The largest absolute Gasteiger partial charge is 0.508 e. The number of aliphatic hydroxyl groups excluding tert-OH is 1. The first kappa shape index (κ1) is 15.5. The number of rotatable bonds is 6. The van der Waals surface area contributed by atoms with Crippen LogP contribution in [0.5, 0.6) is 0 Å². The average Bonchev–Trinajstić information content (AvgIpc) is 2.32. The molecular formula is C14H18N2O2. The lowest BCUT2D eigenvalue weighted by Crippen LogP contribution is -2.14. The molecular weight excluding hydrogens is 228 g/mol. The van der Waals surface area contributed by atoms with Crippen molar-refractivity contribution in [2.24, 2.45) is 11.5 Å². The van der Waals surface area contributed by atoms with E-state index in [9.17, 15) is 9.90 Å². The fourth-order valence-electron chi connectivity index (χ4n) is 1.03. The Hall–Kier alpha value is -2.49. The summed E-state index contributed by atoms with van der Waals surface area (Å²) in [6, 6.07) is 0. The average molecular weight is 246 g/mol. The fourth-order valence-corrected chi connectivity index (χ4v) is 1.03. The van der Waals surface area contributed by atoms with E-state index in [1.54, 1.807) is 19.1 Å². The second-order valence-electron chi connectivity index (χ2n) is 3.40. The second kappa shape index (κ2) is 7.73. The number of amides is 1. The lowest BCUT2D eigenvalue weighted by atomic mass is 10.1. The summed E-state index contributed by atoms with van der Waals surface area (Å²) in [5.41, 5.74) is 11.8. The molecule has 0 aliphatic carbocycles. The minimum absolute atomic E-state index is 0.0163. The molecule has 0 aromatic carbocycles. The first-order chi connectivity index (χ1) is 8.42. The van der Waals surface area contributed by atoms with Crippen molar-refractivity contribution in [3.05, 3.63) is 72.2 Å². The van der Waals surface area contributed by atoms with Gasteiger partial charge >= 0.3 is 0 Å². The van der Waals surface area contributed by atoms with Crippen molar-refractivity contribution >= 4 is 5.91 Å². The number of hydrogen-bond acceptors (Lipinski definition) is 3. The maximum Gasteiger partial charge on any atom is 0.248 e. The Morgan fingerprint density at radius 1 is 1.28 bits per heavy atom. The number of hydrogen-bond donors (Lipinski definition) is 3. The Bertz CT molecular complexity index is 466. The molecule has 0 heterocycles. The van der Waals surface area contributed by atoms with Crippen LogP contribution in [-0.4, -0.2) is 11.0 Å². The molecule has 4 nitrogen and oxygen atoms in total. The number of aliphatic hydroxyl groups is 1. The Labute approximate surface area is 107 Å². The van der Waals surface area contributed by atoms with E-state index in [4.69, 9.17) is 11.5 Å². The highest BCUT2D eigenvalue weighted by Gasteiger charge is 2.02. The van der Waals surface area contributed by atoms with Crippen LogP contribution in [0.3, 0.4) is 0 Å². The Balaban J connectivity index is 5.01. The molecule has 0 radical (unpaired) electrons. The van der Waals surface area contributed by atoms with Gasteiger partial charge in [-0.1, -0.05) is 31.4 Å². The first-order valence-corrected chi connectivity index (χ1v) is 5.24.